The molecule has 8 nitrogen and oxygen atoms in total. The Bertz CT molecular complexity index is 775. The third-order valence-electron chi connectivity index (χ3n) is 2.92. The smallest absolute Gasteiger partial charge is 0.346 e. The van der Waals surface area contributed by atoms with Crippen molar-refractivity contribution < 1.29 is 18.6 Å². The molecule has 22 heavy (non-hydrogen) atoms. The van der Waals surface area contributed by atoms with E-state index < -0.39 is 5.97 Å². The molecule has 0 atom stereocenters. The first-order chi connectivity index (χ1) is 10.6. The van der Waals surface area contributed by atoms with Gasteiger partial charge in [0, 0.05) is 5.56 Å². The first kappa shape index (κ1) is 13.8. The maximum absolute atomic E-state index is 11.9. The van der Waals surface area contributed by atoms with Gasteiger partial charge in [-0.3, -0.25) is 0 Å². The van der Waals surface area contributed by atoms with E-state index in [-0.39, 0.29) is 23.9 Å². The maximum atomic E-state index is 11.9. The summed E-state index contributed by atoms with van der Waals surface area (Å²) in [7, 11) is 0. The van der Waals surface area contributed by atoms with Crippen LogP contribution in [0.25, 0.3) is 11.4 Å². The zero-order valence-electron chi connectivity index (χ0n) is 11.6. The van der Waals surface area contributed by atoms with Crippen molar-refractivity contribution in [1.29, 1.82) is 0 Å². The van der Waals surface area contributed by atoms with Crippen molar-refractivity contribution in [1.82, 2.24) is 15.3 Å². The highest BCUT2D eigenvalue weighted by molar-refractivity contribution is 5.94. The topological polar surface area (TPSA) is 117 Å². The molecule has 0 aliphatic heterocycles. The molecule has 2 aromatic heterocycles. The van der Waals surface area contributed by atoms with E-state index in [0.717, 1.165) is 5.56 Å². The van der Waals surface area contributed by atoms with E-state index in [4.69, 9.17) is 19.5 Å². The lowest BCUT2D eigenvalue weighted by Crippen LogP contribution is -2.08. The summed E-state index contributed by atoms with van der Waals surface area (Å²) in [5.41, 5.74) is 6.78. The van der Waals surface area contributed by atoms with Gasteiger partial charge in [0.1, 0.15) is 5.56 Å². The van der Waals surface area contributed by atoms with E-state index in [9.17, 15) is 4.79 Å². The quantitative estimate of drug-likeness (QED) is 0.727. The highest BCUT2D eigenvalue weighted by atomic mass is 16.6. The number of rotatable bonds is 4. The normalized spacial score (nSPS) is 10.6. The third kappa shape index (κ3) is 2.66. The highest BCUT2D eigenvalue weighted by Crippen LogP contribution is 2.18. The van der Waals surface area contributed by atoms with Gasteiger partial charge in [-0.2, -0.15) is 4.98 Å². The SMILES string of the molecule is Cc1noc(N)c1C(=O)OCc1nc(-c2ccccc2)no1. The molecule has 0 radical (unpaired) electrons. The van der Waals surface area contributed by atoms with Crippen LogP contribution in [0.4, 0.5) is 5.88 Å². The number of nitrogen functional groups attached to an aromatic ring is 1. The Balaban J connectivity index is 1.68. The molecule has 0 aliphatic rings. The Morgan fingerprint density at radius 1 is 1.23 bits per heavy atom. The summed E-state index contributed by atoms with van der Waals surface area (Å²) in [6.45, 7) is 1.43. The molecule has 0 saturated carbocycles. The van der Waals surface area contributed by atoms with Crippen LogP contribution in [-0.4, -0.2) is 21.3 Å². The summed E-state index contributed by atoms with van der Waals surface area (Å²) in [5, 5.41) is 7.41. The molecule has 8 heteroatoms. The number of ether oxygens (including phenoxy) is 1. The number of nitrogens with two attached hydrogens (primary N) is 1. The number of nitrogens with zero attached hydrogens (tertiary/aromatic N) is 3. The summed E-state index contributed by atoms with van der Waals surface area (Å²) >= 11 is 0. The van der Waals surface area contributed by atoms with E-state index in [1.807, 2.05) is 30.3 Å². The number of anilines is 1. The van der Waals surface area contributed by atoms with Gasteiger partial charge in [-0.25, -0.2) is 4.79 Å². The molecule has 2 N–H and O–H groups in total. The van der Waals surface area contributed by atoms with Gasteiger partial charge < -0.3 is 19.5 Å². The van der Waals surface area contributed by atoms with Crippen LogP contribution in [0.15, 0.2) is 39.4 Å². The zero-order valence-corrected chi connectivity index (χ0v) is 11.6. The second-order valence-electron chi connectivity index (χ2n) is 4.46. The fourth-order valence-electron chi connectivity index (χ4n) is 1.85. The molecule has 112 valence electrons. The van der Waals surface area contributed by atoms with Gasteiger partial charge in [0.25, 0.3) is 5.89 Å². The summed E-state index contributed by atoms with van der Waals surface area (Å²) in [6, 6.07) is 9.31. The average Bonchev–Trinajstić information content (AvgIpc) is 3.13. The summed E-state index contributed by atoms with van der Waals surface area (Å²) in [5.74, 6) is -0.138. The van der Waals surface area contributed by atoms with Crippen molar-refractivity contribution in [2.45, 2.75) is 13.5 Å². The molecule has 2 heterocycles. The zero-order chi connectivity index (χ0) is 15.5. The third-order valence-corrected chi connectivity index (χ3v) is 2.92. The second-order valence-corrected chi connectivity index (χ2v) is 4.46. The molecular weight excluding hydrogens is 288 g/mol. The van der Waals surface area contributed by atoms with Crippen LogP contribution in [0, 0.1) is 6.92 Å². The summed E-state index contributed by atoms with van der Waals surface area (Å²) in [6.07, 6.45) is 0. The lowest BCUT2D eigenvalue weighted by atomic mass is 10.2. The molecule has 0 saturated heterocycles. The van der Waals surface area contributed by atoms with E-state index in [1.54, 1.807) is 6.92 Å². The number of benzene rings is 1. The van der Waals surface area contributed by atoms with Gasteiger partial charge in [-0.1, -0.05) is 40.6 Å². The Hall–Kier alpha value is -3.16. The lowest BCUT2D eigenvalue weighted by molar-refractivity contribution is 0.0430. The van der Waals surface area contributed by atoms with Crippen LogP contribution in [-0.2, 0) is 11.3 Å². The molecule has 0 bridgehead atoms. The van der Waals surface area contributed by atoms with Crippen LogP contribution in [0.5, 0.6) is 0 Å². The van der Waals surface area contributed by atoms with Crippen LogP contribution in [0.1, 0.15) is 21.9 Å². The van der Waals surface area contributed by atoms with Crippen molar-refractivity contribution in [3.8, 4) is 11.4 Å². The van der Waals surface area contributed by atoms with E-state index in [0.29, 0.717) is 11.5 Å². The molecule has 1 aromatic carbocycles. The van der Waals surface area contributed by atoms with Crippen molar-refractivity contribution in [2.75, 3.05) is 5.73 Å². The van der Waals surface area contributed by atoms with Gasteiger partial charge in [0.05, 0.1) is 5.69 Å². The van der Waals surface area contributed by atoms with Gasteiger partial charge in [-0.15, -0.1) is 0 Å². The Morgan fingerprint density at radius 2 is 2.00 bits per heavy atom. The van der Waals surface area contributed by atoms with Crippen molar-refractivity contribution in [3.63, 3.8) is 0 Å². The van der Waals surface area contributed by atoms with Crippen LogP contribution < -0.4 is 5.73 Å². The van der Waals surface area contributed by atoms with Gasteiger partial charge in [-0.05, 0) is 6.92 Å². The number of carbonyl (C=O) groups excluding carboxylic acids is 1. The Morgan fingerprint density at radius 3 is 2.68 bits per heavy atom. The second kappa shape index (κ2) is 5.68. The largest absolute Gasteiger partial charge is 0.452 e. The van der Waals surface area contributed by atoms with E-state index in [1.165, 1.54) is 0 Å². The minimum absolute atomic E-state index is 0.0852. The molecule has 3 aromatic rings. The van der Waals surface area contributed by atoms with Crippen molar-refractivity contribution in [3.05, 3.63) is 47.5 Å². The summed E-state index contributed by atoms with van der Waals surface area (Å²) in [4.78, 5) is 16.1. The van der Waals surface area contributed by atoms with Gasteiger partial charge >= 0.3 is 5.97 Å². The Labute approximate surface area is 124 Å². The van der Waals surface area contributed by atoms with E-state index >= 15 is 0 Å². The van der Waals surface area contributed by atoms with Gasteiger partial charge in [0.2, 0.25) is 11.7 Å². The standard InChI is InChI=1S/C14H12N4O4/c1-8-11(12(15)22-17-8)14(19)20-7-10-16-13(18-21-10)9-5-3-2-4-6-9/h2-6H,7,15H2,1H3. The van der Waals surface area contributed by atoms with Crippen LogP contribution in [0.3, 0.4) is 0 Å². The van der Waals surface area contributed by atoms with E-state index in [2.05, 4.69) is 15.3 Å². The van der Waals surface area contributed by atoms with Crippen molar-refractivity contribution in [2.24, 2.45) is 0 Å². The molecular formula is C14H12N4O4. The minimum atomic E-state index is -0.657. The average molecular weight is 300 g/mol. The predicted octanol–water partition coefficient (Wildman–Crippen LogP) is 1.97. The fourth-order valence-corrected chi connectivity index (χ4v) is 1.85. The monoisotopic (exact) mass is 300 g/mol. The van der Waals surface area contributed by atoms with Crippen molar-refractivity contribution >= 4 is 11.9 Å². The van der Waals surface area contributed by atoms with Crippen LogP contribution in [0.2, 0.25) is 0 Å². The molecule has 0 fully saturated rings. The number of aromatic nitrogens is 3. The lowest BCUT2D eigenvalue weighted by Gasteiger charge is -2.00. The Kier molecular flexibility index (Phi) is 3.57. The van der Waals surface area contributed by atoms with Crippen LogP contribution >= 0.6 is 0 Å². The first-order valence-electron chi connectivity index (χ1n) is 6.42. The number of hydrogen-bond acceptors (Lipinski definition) is 8. The number of carbonyl (C=O) groups is 1. The molecule has 3 rings (SSSR count). The molecule has 0 amide bonds. The fraction of sp³-hybridized carbons (Fsp3) is 0.143. The number of aryl methyl sites for hydroxylation is 1. The molecule has 0 aliphatic carbocycles. The number of esters is 1. The predicted molar refractivity (Wildman–Crippen MR) is 74.5 cm³/mol. The highest BCUT2D eigenvalue weighted by Gasteiger charge is 2.21. The first-order valence-corrected chi connectivity index (χ1v) is 6.42. The maximum Gasteiger partial charge on any atom is 0.346 e. The minimum Gasteiger partial charge on any atom is -0.452 e. The summed E-state index contributed by atoms with van der Waals surface area (Å²) < 4.78 is 14.8. The molecule has 0 spiro atoms. The molecule has 0 unspecified atom stereocenters. The number of hydrogen-bond donors (Lipinski definition) is 1. The van der Waals surface area contributed by atoms with Gasteiger partial charge in [0.15, 0.2) is 6.61 Å².